The molecule has 160 valence electrons. The molecule has 0 saturated carbocycles. The van der Waals surface area contributed by atoms with Gasteiger partial charge in [0.05, 0.1) is 22.9 Å². The van der Waals surface area contributed by atoms with Crippen LogP contribution in [0.5, 0.6) is 0 Å². The van der Waals surface area contributed by atoms with Crippen LogP contribution in [0.25, 0.3) is 0 Å². The quantitative estimate of drug-likeness (QED) is 0.605. The van der Waals surface area contributed by atoms with Crippen LogP contribution in [-0.4, -0.2) is 46.1 Å². The maximum Gasteiger partial charge on any atom is 0.262 e. The zero-order valence-corrected chi connectivity index (χ0v) is 17.5. The zero-order chi connectivity index (χ0) is 21.5. The number of thiazole rings is 1. The van der Waals surface area contributed by atoms with Crippen molar-refractivity contribution >= 4 is 40.1 Å². The van der Waals surface area contributed by atoms with Crippen molar-refractivity contribution < 1.29 is 19.2 Å². The molecule has 1 unspecified atom stereocenters. The molecule has 4 amide bonds. The van der Waals surface area contributed by atoms with Gasteiger partial charge in [0.25, 0.3) is 11.8 Å². The molecule has 0 aliphatic carbocycles. The number of anilines is 1. The highest BCUT2D eigenvalue weighted by atomic mass is 32.1. The summed E-state index contributed by atoms with van der Waals surface area (Å²) >= 11 is 1.54. The summed E-state index contributed by atoms with van der Waals surface area (Å²) in [6, 6.07) is 4.45. The fourth-order valence-corrected chi connectivity index (χ4v) is 5.03. The smallest absolute Gasteiger partial charge is 0.262 e. The van der Waals surface area contributed by atoms with Crippen LogP contribution in [-0.2, 0) is 16.1 Å². The standard InChI is InChI=1S/C21H21N5O4S/c27-17-6-5-16(18(28)25-17)26-19(29)12-4-3-11(8-13(12)20(26)30)9-23-21-24-15(10-31-21)14-2-1-7-22-14/h3-4,8,10,14,16,22H,1-2,5-7,9H2,(H,23,24)(H,25,27,28)/t14-,16?/m0/s1. The van der Waals surface area contributed by atoms with Crippen molar-refractivity contribution in [2.24, 2.45) is 0 Å². The minimum atomic E-state index is -0.954. The summed E-state index contributed by atoms with van der Waals surface area (Å²) in [5.74, 6) is -1.99. The van der Waals surface area contributed by atoms with Crippen molar-refractivity contribution in [1.29, 1.82) is 0 Å². The Balaban J connectivity index is 1.29. The lowest BCUT2D eigenvalue weighted by Gasteiger charge is -2.27. The lowest BCUT2D eigenvalue weighted by molar-refractivity contribution is -0.136. The molecule has 3 aliphatic heterocycles. The number of rotatable bonds is 5. The average molecular weight is 439 g/mol. The molecule has 10 heteroatoms. The molecule has 1 aromatic carbocycles. The van der Waals surface area contributed by atoms with E-state index in [9.17, 15) is 19.2 Å². The summed E-state index contributed by atoms with van der Waals surface area (Å²) in [4.78, 5) is 54.8. The summed E-state index contributed by atoms with van der Waals surface area (Å²) < 4.78 is 0. The number of piperidine rings is 1. The van der Waals surface area contributed by atoms with Crippen molar-refractivity contribution in [3.8, 4) is 0 Å². The molecule has 2 atom stereocenters. The molecule has 2 saturated heterocycles. The van der Waals surface area contributed by atoms with Crippen molar-refractivity contribution in [2.45, 2.75) is 44.3 Å². The van der Waals surface area contributed by atoms with E-state index in [2.05, 4.69) is 20.9 Å². The fraction of sp³-hybridized carbons (Fsp3) is 0.381. The molecule has 5 rings (SSSR count). The number of benzene rings is 1. The van der Waals surface area contributed by atoms with E-state index >= 15 is 0 Å². The zero-order valence-electron chi connectivity index (χ0n) is 16.6. The third-order valence-corrected chi connectivity index (χ3v) is 6.71. The van der Waals surface area contributed by atoms with Gasteiger partial charge in [-0.1, -0.05) is 6.07 Å². The molecular formula is C21H21N5O4S. The Bertz CT molecular complexity index is 1090. The van der Waals surface area contributed by atoms with E-state index < -0.39 is 23.8 Å². The number of carbonyl (C=O) groups excluding carboxylic acids is 4. The Labute approximate surface area is 182 Å². The van der Waals surface area contributed by atoms with E-state index in [0.29, 0.717) is 12.6 Å². The third kappa shape index (κ3) is 3.61. The summed E-state index contributed by atoms with van der Waals surface area (Å²) in [6.07, 6.45) is 2.49. The van der Waals surface area contributed by atoms with Crippen LogP contribution < -0.4 is 16.0 Å². The van der Waals surface area contributed by atoms with Gasteiger partial charge in [-0.2, -0.15) is 0 Å². The first kappa shape index (κ1) is 19.8. The van der Waals surface area contributed by atoms with Gasteiger partial charge in [0.2, 0.25) is 11.8 Å². The molecular weight excluding hydrogens is 418 g/mol. The Morgan fingerprint density at radius 1 is 1.13 bits per heavy atom. The molecule has 9 nitrogen and oxygen atoms in total. The van der Waals surface area contributed by atoms with Gasteiger partial charge in [-0.05, 0) is 43.5 Å². The lowest BCUT2D eigenvalue weighted by Crippen LogP contribution is -2.54. The summed E-state index contributed by atoms with van der Waals surface area (Å²) in [5.41, 5.74) is 2.44. The van der Waals surface area contributed by atoms with Crippen LogP contribution in [0.1, 0.15) is 63.7 Å². The van der Waals surface area contributed by atoms with E-state index in [-0.39, 0.29) is 29.9 Å². The largest absolute Gasteiger partial charge is 0.357 e. The van der Waals surface area contributed by atoms with Crippen LogP contribution in [0.2, 0.25) is 0 Å². The number of imide groups is 2. The molecule has 2 fully saturated rings. The molecule has 4 heterocycles. The SMILES string of the molecule is O=C1CCC(N2C(=O)c3ccc(CNc4nc([C@@H]5CCCN5)cs4)cc3C2=O)C(=O)N1. The highest BCUT2D eigenvalue weighted by Gasteiger charge is 2.44. The second-order valence-electron chi connectivity index (χ2n) is 7.91. The van der Waals surface area contributed by atoms with Gasteiger partial charge in [0.15, 0.2) is 5.13 Å². The maximum atomic E-state index is 12.9. The molecule has 1 aromatic heterocycles. The van der Waals surface area contributed by atoms with Crippen LogP contribution in [0.3, 0.4) is 0 Å². The number of amides is 4. The Morgan fingerprint density at radius 3 is 2.74 bits per heavy atom. The van der Waals surface area contributed by atoms with Crippen LogP contribution in [0.4, 0.5) is 5.13 Å². The maximum absolute atomic E-state index is 12.9. The van der Waals surface area contributed by atoms with Crippen molar-refractivity contribution in [2.75, 3.05) is 11.9 Å². The average Bonchev–Trinajstić information content (AvgIpc) is 3.49. The number of carbonyl (C=O) groups is 4. The van der Waals surface area contributed by atoms with Gasteiger partial charge in [-0.15, -0.1) is 11.3 Å². The summed E-state index contributed by atoms with van der Waals surface area (Å²) in [7, 11) is 0. The first-order valence-electron chi connectivity index (χ1n) is 10.3. The van der Waals surface area contributed by atoms with Crippen molar-refractivity contribution in [3.63, 3.8) is 0 Å². The van der Waals surface area contributed by atoms with Gasteiger partial charge in [-0.25, -0.2) is 4.98 Å². The van der Waals surface area contributed by atoms with E-state index in [4.69, 9.17) is 0 Å². The first-order chi connectivity index (χ1) is 15.0. The van der Waals surface area contributed by atoms with Gasteiger partial charge >= 0.3 is 0 Å². The Hall–Kier alpha value is -3.11. The van der Waals surface area contributed by atoms with Gasteiger partial charge < -0.3 is 10.6 Å². The monoisotopic (exact) mass is 439 g/mol. The second-order valence-corrected chi connectivity index (χ2v) is 8.77. The molecule has 0 spiro atoms. The number of fused-ring (bicyclic) bond motifs is 1. The summed E-state index contributed by atoms with van der Waals surface area (Å²) in [6.45, 7) is 1.47. The lowest BCUT2D eigenvalue weighted by atomic mass is 10.0. The number of hydrogen-bond donors (Lipinski definition) is 3. The van der Waals surface area contributed by atoms with Crippen molar-refractivity contribution in [3.05, 3.63) is 46.0 Å². The van der Waals surface area contributed by atoms with E-state index in [0.717, 1.165) is 40.7 Å². The van der Waals surface area contributed by atoms with E-state index in [1.165, 1.54) is 11.3 Å². The molecule has 3 aliphatic rings. The number of nitrogens with zero attached hydrogens (tertiary/aromatic N) is 2. The number of nitrogens with one attached hydrogen (secondary N) is 3. The minimum Gasteiger partial charge on any atom is -0.357 e. The van der Waals surface area contributed by atoms with Crippen LogP contribution >= 0.6 is 11.3 Å². The molecule has 0 radical (unpaired) electrons. The highest BCUT2D eigenvalue weighted by Crippen LogP contribution is 2.29. The van der Waals surface area contributed by atoms with Crippen LogP contribution in [0, 0.1) is 0 Å². The number of aromatic nitrogens is 1. The van der Waals surface area contributed by atoms with E-state index in [1.807, 2.05) is 5.38 Å². The topological polar surface area (TPSA) is 120 Å². The predicted octanol–water partition coefficient (Wildman–Crippen LogP) is 1.58. The fourth-order valence-electron chi connectivity index (χ4n) is 4.27. The van der Waals surface area contributed by atoms with Gasteiger partial charge in [-0.3, -0.25) is 29.4 Å². The summed E-state index contributed by atoms with van der Waals surface area (Å²) in [5, 5.41) is 11.8. The van der Waals surface area contributed by atoms with Gasteiger partial charge in [0, 0.05) is 18.3 Å². The molecule has 3 N–H and O–H groups in total. The number of hydrogen-bond acceptors (Lipinski definition) is 8. The van der Waals surface area contributed by atoms with Gasteiger partial charge in [0.1, 0.15) is 6.04 Å². The second kappa shape index (κ2) is 7.86. The molecule has 2 aromatic rings. The molecule has 0 bridgehead atoms. The Kier molecular flexibility index (Phi) is 5.03. The highest BCUT2D eigenvalue weighted by molar-refractivity contribution is 7.13. The normalized spacial score (nSPS) is 23.3. The third-order valence-electron chi connectivity index (χ3n) is 5.89. The van der Waals surface area contributed by atoms with Crippen LogP contribution in [0.15, 0.2) is 23.6 Å². The van der Waals surface area contributed by atoms with E-state index in [1.54, 1.807) is 18.2 Å². The Morgan fingerprint density at radius 2 is 1.97 bits per heavy atom. The minimum absolute atomic E-state index is 0.102. The first-order valence-corrected chi connectivity index (χ1v) is 11.2. The predicted molar refractivity (Wildman–Crippen MR) is 113 cm³/mol. The molecule has 31 heavy (non-hydrogen) atoms. The van der Waals surface area contributed by atoms with Crippen molar-refractivity contribution in [1.82, 2.24) is 20.5 Å².